The van der Waals surface area contributed by atoms with Gasteiger partial charge in [-0.2, -0.15) is 13.2 Å². The van der Waals surface area contributed by atoms with E-state index in [0.29, 0.717) is 13.1 Å². The van der Waals surface area contributed by atoms with E-state index in [-0.39, 0.29) is 12.3 Å². The van der Waals surface area contributed by atoms with Crippen molar-refractivity contribution in [2.24, 2.45) is 0 Å². The van der Waals surface area contributed by atoms with E-state index in [2.05, 4.69) is 15.3 Å². The topological polar surface area (TPSA) is 53.0 Å². The van der Waals surface area contributed by atoms with Gasteiger partial charge in [0.05, 0.1) is 24.0 Å². The average molecular weight is 467 g/mol. The number of aliphatic carboxylic acids is 1. The SMILES string of the molecule is COc1cc2c(cc1SN1CCN(c3ccc(C(F)(F)F)cc3)CC1)CCC2CC(=O)O. The van der Waals surface area contributed by atoms with Gasteiger partial charge in [0.1, 0.15) is 5.75 Å². The second-order valence-electron chi connectivity index (χ2n) is 8.09. The normalized spacial score (nSPS) is 19.1. The smallest absolute Gasteiger partial charge is 0.416 e. The third kappa shape index (κ3) is 4.99. The molecule has 5 nitrogen and oxygen atoms in total. The zero-order chi connectivity index (χ0) is 22.9. The lowest BCUT2D eigenvalue weighted by molar-refractivity contribution is -0.138. The van der Waals surface area contributed by atoms with Crippen LogP contribution in [0.3, 0.4) is 0 Å². The van der Waals surface area contributed by atoms with Crippen molar-refractivity contribution < 1.29 is 27.8 Å². The van der Waals surface area contributed by atoms with Crippen molar-refractivity contribution in [2.45, 2.75) is 36.3 Å². The Balaban J connectivity index is 1.39. The van der Waals surface area contributed by atoms with Gasteiger partial charge in [0.2, 0.25) is 0 Å². The number of anilines is 1. The quantitative estimate of drug-likeness (QED) is 0.602. The Morgan fingerprint density at radius 2 is 1.84 bits per heavy atom. The maximum Gasteiger partial charge on any atom is 0.416 e. The number of carbonyl (C=O) groups is 1. The summed E-state index contributed by atoms with van der Waals surface area (Å²) in [6, 6.07) is 9.41. The number of alkyl halides is 3. The number of piperazine rings is 1. The molecule has 1 heterocycles. The summed E-state index contributed by atoms with van der Waals surface area (Å²) in [6.45, 7) is 2.94. The third-order valence-electron chi connectivity index (χ3n) is 6.07. The Morgan fingerprint density at radius 3 is 2.44 bits per heavy atom. The molecule has 0 radical (unpaired) electrons. The van der Waals surface area contributed by atoms with Gasteiger partial charge in [-0.05, 0) is 78.2 Å². The van der Waals surface area contributed by atoms with Crippen LogP contribution in [-0.2, 0) is 17.4 Å². The van der Waals surface area contributed by atoms with Crippen molar-refractivity contribution in [3.05, 3.63) is 53.1 Å². The van der Waals surface area contributed by atoms with Gasteiger partial charge in [0.25, 0.3) is 0 Å². The summed E-state index contributed by atoms with van der Waals surface area (Å²) in [5.74, 6) is -0.00915. The molecule has 0 aromatic heterocycles. The fourth-order valence-corrected chi connectivity index (χ4v) is 5.44. The molecule has 0 bridgehead atoms. The second kappa shape index (κ2) is 9.23. The molecule has 2 aromatic rings. The van der Waals surface area contributed by atoms with Crippen LogP contribution in [-0.4, -0.2) is 48.7 Å². The van der Waals surface area contributed by atoms with Gasteiger partial charge in [-0.1, -0.05) is 0 Å². The molecule has 1 unspecified atom stereocenters. The highest BCUT2D eigenvalue weighted by Gasteiger charge is 2.31. The molecule has 172 valence electrons. The fourth-order valence-electron chi connectivity index (χ4n) is 4.39. The van der Waals surface area contributed by atoms with E-state index in [9.17, 15) is 18.0 Å². The van der Waals surface area contributed by atoms with Crippen molar-refractivity contribution in [1.29, 1.82) is 0 Å². The summed E-state index contributed by atoms with van der Waals surface area (Å²) >= 11 is 1.62. The van der Waals surface area contributed by atoms with Gasteiger partial charge < -0.3 is 14.7 Å². The van der Waals surface area contributed by atoms with Crippen molar-refractivity contribution in [3.8, 4) is 5.75 Å². The number of ether oxygens (including phenoxy) is 1. The number of carboxylic acid groups (broad SMARTS) is 1. The largest absolute Gasteiger partial charge is 0.496 e. The minimum Gasteiger partial charge on any atom is -0.496 e. The van der Waals surface area contributed by atoms with Gasteiger partial charge in [-0.3, -0.25) is 4.79 Å². The van der Waals surface area contributed by atoms with E-state index >= 15 is 0 Å². The molecule has 32 heavy (non-hydrogen) atoms. The summed E-state index contributed by atoms with van der Waals surface area (Å²) in [5, 5.41) is 9.15. The van der Waals surface area contributed by atoms with Crippen LogP contribution in [0, 0.1) is 0 Å². The first-order valence-corrected chi connectivity index (χ1v) is 11.3. The van der Waals surface area contributed by atoms with E-state index < -0.39 is 17.7 Å². The molecular weight excluding hydrogens is 441 g/mol. The minimum atomic E-state index is -4.32. The number of fused-ring (bicyclic) bond motifs is 1. The molecule has 1 aliphatic heterocycles. The lowest BCUT2D eigenvalue weighted by atomic mass is 9.98. The van der Waals surface area contributed by atoms with Crippen LogP contribution in [0.15, 0.2) is 41.3 Å². The first-order chi connectivity index (χ1) is 15.2. The average Bonchev–Trinajstić information content (AvgIpc) is 3.14. The number of rotatable bonds is 6. The number of aryl methyl sites for hydroxylation is 1. The van der Waals surface area contributed by atoms with Crippen LogP contribution in [0.1, 0.15) is 35.4 Å². The predicted molar refractivity (Wildman–Crippen MR) is 117 cm³/mol. The number of hydrogen-bond acceptors (Lipinski definition) is 5. The zero-order valence-electron chi connectivity index (χ0n) is 17.7. The highest BCUT2D eigenvalue weighted by molar-refractivity contribution is 7.97. The van der Waals surface area contributed by atoms with Gasteiger partial charge in [-0.25, -0.2) is 4.31 Å². The Hall–Kier alpha value is -2.39. The van der Waals surface area contributed by atoms with E-state index in [1.165, 1.54) is 17.7 Å². The summed E-state index contributed by atoms with van der Waals surface area (Å²) in [5.41, 5.74) is 2.41. The first-order valence-electron chi connectivity index (χ1n) is 10.5. The number of methoxy groups -OCH3 is 1. The molecule has 1 atom stereocenters. The summed E-state index contributed by atoms with van der Waals surface area (Å²) in [7, 11) is 1.62. The monoisotopic (exact) mass is 466 g/mol. The molecule has 0 spiro atoms. The molecule has 0 saturated carbocycles. The van der Waals surface area contributed by atoms with Crippen LogP contribution in [0.4, 0.5) is 18.9 Å². The van der Waals surface area contributed by atoms with Crippen molar-refractivity contribution >= 4 is 23.6 Å². The number of carboxylic acids is 1. The maximum absolute atomic E-state index is 12.8. The van der Waals surface area contributed by atoms with Gasteiger partial charge in [0, 0.05) is 31.9 Å². The van der Waals surface area contributed by atoms with Crippen molar-refractivity contribution in [1.82, 2.24) is 4.31 Å². The molecular formula is C23H25F3N2O3S. The minimum absolute atomic E-state index is 0.0303. The fraction of sp³-hybridized carbons (Fsp3) is 0.435. The lowest BCUT2D eigenvalue weighted by Crippen LogP contribution is -2.43. The maximum atomic E-state index is 12.8. The Morgan fingerprint density at radius 1 is 1.16 bits per heavy atom. The van der Waals surface area contributed by atoms with E-state index in [0.717, 1.165) is 60.0 Å². The molecule has 4 rings (SSSR count). The number of nitrogens with zero attached hydrogens (tertiary/aromatic N) is 2. The van der Waals surface area contributed by atoms with E-state index in [1.54, 1.807) is 19.1 Å². The molecule has 0 amide bonds. The van der Waals surface area contributed by atoms with Crippen LogP contribution in [0.5, 0.6) is 5.75 Å². The highest BCUT2D eigenvalue weighted by atomic mass is 32.2. The summed E-state index contributed by atoms with van der Waals surface area (Å²) in [6.07, 6.45) is -2.48. The zero-order valence-corrected chi connectivity index (χ0v) is 18.5. The Kier molecular flexibility index (Phi) is 6.57. The van der Waals surface area contributed by atoms with Crippen LogP contribution in [0.25, 0.3) is 0 Å². The molecule has 1 fully saturated rings. The predicted octanol–water partition coefficient (Wildman–Crippen LogP) is 5.05. The van der Waals surface area contributed by atoms with Crippen LogP contribution >= 0.6 is 11.9 Å². The number of halogens is 3. The molecule has 2 aromatic carbocycles. The lowest BCUT2D eigenvalue weighted by Gasteiger charge is -2.35. The summed E-state index contributed by atoms with van der Waals surface area (Å²) in [4.78, 5) is 14.2. The second-order valence-corrected chi connectivity index (χ2v) is 9.23. The third-order valence-corrected chi connectivity index (χ3v) is 7.21. The van der Waals surface area contributed by atoms with E-state index in [4.69, 9.17) is 9.84 Å². The van der Waals surface area contributed by atoms with Crippen LogP contribution < -0.4 is 9.64 Å². The Labute approximate surface area is 189 Å². The van der Waals surface area contributed by atoms with E-state index in [1.807, 2.05) is 6.07 Å². The molecule has 9 heteroatoms. The summed E-state index contributed by atoms with van der Waals surface area (Å²) < 4.78 is 46.2. The number of benzene rings is 2. The Bertz CT molecular complexity index is 974. The van der Waals surface area contributed by atoms with Gasteiger partial charge in [0.15, 0.2) is 0 Å². The highest BCUT2D eigenvalue weighted by Crippen LogP contribution is 2.43. The molecule has 2 aliphatic rings. The number of hydrogen-bond donors (Lipinski definition) is 1. The molecule has 1 N–H and O–H groups in total. The standard InChI is InChI=1S/C23H25F3N2O3S/c1-31-20-14-19-15(2-3-16(19)13-22(29)30)12-21(20)32-28-10-8-27(9-11-28)18-6-4-17(5-7-18)23(24,25)26/h4-7,12,14,16H,2-3,8-11,13H2,1H3,(H,29,30). The van der Waals surface area contributed by atoms with Gasteiger partial charge >= 0.3 is 12.1 Å². The van der Waals surface area contributed by atoms with Gasteiger partial charge in [-0.15, -0.1) is 0 Å². The molecule has 1 saturated heterocycles. The van der Waals surface area contributed by atoms with Crippen molar-refractivity contribution in [2.75, 3.05) is 38.2 Å². The first kappa shape index (κ1) is 22.8. The molecule has 1 aliphatic carbocycles. The van der Waals surface area contributed by atoms with Crippen molar-refractivity contribution in [3.63, 3.8) is 0 Å². The van der Waals surface area contributed by atoms with Crippen LogP contribution in [0.2, 0.25) is 0 Å².